The largest absolute Gasteiger partial charge is 0.0843 e. The number of halogens is 4. The van der Waals surface area contributed by atoms with Gasteiger partial charge in [0.05, 0.1) is 3.74 Å². The van der Waals surface area contributed by atoms with E-state index in [4.69, 9.17) is 23.2 Å². The molecule has 0 aromatic heterocycles. The molecule has 1 unspecified atom stereocenters. The third-order valence-electron chi connectivity index (χ3n) is 6.24. The molecule has 0 radical (unpaired) electrons. The molecule has 178 valence electrons. The van der Waals surface area contributed by atoms with Crippen molar-refractivity contribution >= 4 is 55.1 Å². The van der Waals surface area contributed by atoms with Crippen molar-refractivity contribution in [3.63, 3.8) is 0 Å². The number of hydrogen-bond donors (Lipinski definition) is 0. The second-order valence-corrected chi connectivity index (χ2v) is 13.3. The second kappa shape index (κ2) is 17.4. The highest BCUT2D eigenvalue weighted by Gasteiger charge is 2.12. The van der Waals surface area contributed by atoms with Crippen LogP contribution in [0.4, 0.5) is 0 Å². The van der Waals surface area contributed by atoms with Crippen LogP contribution in [-0.2, 0) is 12.8 Å². The van der Waals surface area contributed by atoms with Crippen LogP contribution >= 0.6 is 55.1 Å². The van der Waals surface area contributed by atoms with Gasteiger partial charge in [0, 0.05) is 10.0 Å². The van der Waals surface area contributed by atoms with Crippen LogP contribution in [-0.4, -0.2) is 3.74 Å². The van der Waals surface area contributed by atoms with Gasteiger partial charge in [-0.3, -0.25) is 0 Å². The van der Waals surface area contributed by atoms with E-state index in [1.807, 2.05) is 24.3 Å². The van der Waals surface area contributed by atoms with Crippen LogP contribution in [0.1, 0.15) is 88.2 Å². The molecule has 0 amide bonds. The molecule has 32 heavy (non-hydrogen) atoms. The van der Waals surface area contributed by atoms with E-state index >= 15 is 0 Å². The topological polar surface area (TPSA) is 0 Å². The molecule has 0 saturated carbocycles. The number of hydrogen-bond acceptors (Lipinski definition) is 0. The van der Waals surface area contributed by atoms with Gasteiger partial charge in [0.15, 0.2) is 0 Å². The van der Waals surface area contributed by atoms with Crippen molar-refractivity contribution < 1.29 is 0 Å². The Labute approximate surface area is 223 Å². The maximum absolute atomic E-state index is 5.99. The van der Waals surface area contributed by atoms with E-state index in [1.54, 1.807) is 0 Å². The van der Waals surface area contributed by atoms with E-state index < -0.39 is 0 Å². The van der Waals surface area contributed by atoms with Crippen molar-refractivity contribution in [1.29, 1.82) is 0 Å². The van der Waals surface area contributed by atoms with E-state index in [-0.39, 0.29) is 0 Å². The highest BCUT2D eigenvalue weighted by atomic mass is 79.9. The first kappa shape index (κ1) is 28.2. The molecule has 1 atom stereocenters. The van der Waals surface area contributed by atoms with Crippen molar-refractivity contribution in [1.82, 2.24) is 0 Å². The number of aryl methyl sites for hydroxylation is 2. The molecule has 0 N–H and O–H groups in total. The number of rotatable bonds is 17. The van der Waals surface area contributed by atoms with Gasteiger partial charge in [-0.2, -0.15) is 0 Å². The lowest BCUT2D eigenvalue weighted by Gasteiger charge is -2.18. The predicted molar refractivity (Wildman–Crippen MR) is 151 cm³/mol. The minimum Gasteiger partial charge on any atom is -0.0843 e. The highest BCUT2D eigenvalue weighted by Crippen LogP contribution is 2.28. The molecule has 0 saturated heterocycles. The monoisotopic (exact) mass is 602 g/mol. The number of benzene rings is 2. The standard InChI is InChI=1S/C28H38Br2Cl2/c29-28(30)22-25(13-9-12-24-16-20-27(32)21-17-24)11-8-6-4-2-1-3-5-7-10-23-14-18-26(31)19-15-23/h14-21,25,28H,1-13,22H2. The molecule has 0 spiro atoms. The van der Waals surface area contributed by atoms with E-state index in [0.29, 0.717) is 3.74 Å². The van der Waals surface area contributed by atoms with Crippen LogP contribution in [0.25, 0.3) is 0 Å². The Morgan fingerprint density at radius 1 is 0.531 bits per heavy atom. The van der Waals surface area contributed by atoms with Gasteiger partial charge in [0.2, 0.25) is 0 Å². The van der Waals surface area contributed by atoms with E-state index in [1.165, 1.54) is 94.6 Å². The molecular weight excluding hydrogens is 567 g/mol. The minimum absolute atomic E-state index is 0.434. The smallest absolute Gasteiger partial charge is 0.0700 e. The third-order valence-corrected chi connectivity index (χ3v) is 7.50. The molecule has 0 nitrogen and oxygen atoms in total. The summed E-state index contributed by atoms with van der Waals surface area (Å²) in [6, 6.07) is 16.6. The van der Waals surface area contributed by atoms with Gasteiger partial charge >= 0.3 is 0 Å². The number of alkyl halides is 2. The normalized spacial score (nSPS) is 12.4. The van der Waals surface area contributed by atoms with Crippen LogP contribution in [0.3, 0.4) is 0 Å². The lowest BCUT2D eigenvalue weighted by atomic mass is 9.92. The van der Waals surface area contributed by atoms with Gasteiger partial charge in [0.1, 0.15) is 0 Å². The van der Waals surface area contributed by atoms with Gasteiger partial charge in [-0.25, -0.2) is 0 Å². The van der Waals surface area contributed by atoms with Crippen molar-refractivity contribution in [2.75, 3.05) is 0 Å². The van der Waals surface area contributed by atoms with E-state index in [9.17, 15) is 0 Å². The van der Waals surface area contributed by atoms with Crippen LogP contribution in [0.2, 0.25) is 10.0 Å². The molecule has 0 bridgehead atoms. The first-order valence-corrected chi connectivity index (χ1v) is 14.9. The molecule has 2 aromatic carbocycles. The summed E-state index contributed by atoms with van der Waals surface area (Å²) in [6.07, 6.45) is 18.4. The average Bonchev–Trinajstić information content (AvgIpc) is 2.77. The van der Waals surface area contributed by atoms with Crippen LogP contribution in [0, 0.1) is 5.92 Å². The Balaban J connectivity index is 1.48. The molecule has 0 fully saturated rings. The first-order chi connectivity index (χ1) is 15.5. The fourth-order valence-corrected chi connectivity index (χ4v) is 5.66. The van der Waals surface area contributed by atoms with Gasteiger partial charge in [0.25, 0.3) is 0 Å². The zero-order chi connectivity index (χ0) is 23.0. The SMILES string of the molecule is Clc1ccc(CCCCCCCCCCC(CCCc2ccc(Cl)cc2)CC(Br)Br)cc1. The van der Waals surface area contributed by atoms with E-state index in [0.717, 1.165) is 22.4 Å². The lowest BCUT2D eigenvalue weighted by Crippen LogP contribution is -2.05. The summed E-state index contributed by atoms with van der Waals surface area (Å²) in [5, 5.41) is 1.66. The molecule has 0 heterocycles. The average molecular weight is 605 g/mol. The van der Waals surface area contributed by atoms with Gasteiger partial charge < -0.3 is 0 Å². The van der Waals surface area contributed by atoms with Crippen molar-refractivity contribution in [2.45, 2.75) is 93.6 Å². The molecule has 0 aliphatic heterocycles. The molecule has 2 aromatic rings. The zero-order valence-electron chi connectivity index (χ0n) is 19.2. The minimum atomic E-state index is 0.434. The summed E-state index contributed by atoms with van der Waals surface area (Å²) >= 11 is 19.3. The Hall–Kier alpha value is -0.0200. The van der Waals surface area contributed by atoms with Crippen molar-refractivity contribution in [3.05, 3.63) is 69.7 Å². The lowest BCUT2D eigenvalue weighted by molar-refractivity contribution is 0.401. The summed E-state index contributed by atoms with van der Waals surface area (Å²) in [5.74, 6) is 0.805. The second-order valence-electron chi connectivity index (χ2n) is 9.01. The Morgan fingerprint density at radius 2 is 0.938 bits per heavy atom. The van der Waals surface area contributed by atoms with Gasteiger partial charge in [-0.15, -0.1) is 0 Å². The third kappa shape index (κ3) is 13.6. The summed E-state index contributed by atoms with van der Waals surface area (Å²) < 4.78 is 0.434. The quantitative estimate of drug-likeness (QED) is 0.124. The Kier molecular flexibility index (Phi) is 15.4. The fraction of sp³-hybridized carbons (Fsp3) is 0.571. The van der Waals surface area contributed by atoms with Crippen LogP contribution < -0.4 is 0 Å². The van der Waals surface area contributed by atoms with Crippen molar-refractivity contribution in [3.8, 4) is 0 Å². The van der Waals surface area contributed by atoms with Gasteiger partial charge in [-0.1, -0.05) is 137 Å². The molecule has 0 aliphatic rings. The maximum Gasteiger partial charge on any atom is 0.0700 e. The summed E-state index contributed by atoms with van der Waals surface area (Å²) in [4.78, 5) is 0. The number of unbranched alkanes of at least 4 members (excludes halogenated alkanes) is 7. The molecule has 2 rings (SSSR count). The predicted octanol–water partition coefficient (Wildman–Crippen LogP) is 11.2. The molecule has 4 heteroatoms. The van der Waals surface area contributed by atoms with E-state index in [2.05, 4.69) is 56.1 Å². The van der Waals surface area contributed by atoms with Gasteiger partial charge in [-0.05, 0) is 73.4 Å². The first-order valence-electron chi connectivity index (χ1n) is 12.3. The zero-order valence-corrected chi connectivity index (χ0v) is 23.9. The Bertz CT molecular complexity index is 713. The van der Waals surface area contributed by atoms with Crippen molar-refractivity contribution in [2.24, 2.45) is 5.92 Å². The van der Waals surface area contributed by atoms with Crippen LogP contribution in [0.15, 0.2) is 48.5 Å². The summed E-state index contributed by atoms with van der Waals surface area (Å²) in [6.45, 7) is 0. The molecule has 0 aliphatic carbocycles. The fourth-order valence-electron chi connectivity index (χ4n) is 4.35. The summed E-state index contributed by atoms with van der Waals surface area (Å²) in [7, 11) is 0. The van der Waals surface area contributed by atoms with Crippen LogP contribution in [0.5, 0.6) is 0 Å². The summed E-state index contributed by atoms with van der Waals surface area (Å²) in [5.41, 5.74) is 2.81. The Morgan fingerprint density at radius 3 is 1.44 bits per heavy atom. The molecular formula is C28H38Br2Cl2. The maximum atomic E-state index is 5.99. The highest BCUT2D eigenvalue weighted by molar-refractivity contribution is 9.24.